The van der Waals surface area contributed by atoms with Crippen LogP contribution in [0, 0.1) is 11.3 Å². The van der Waals surface area contributed by atoms with Crippen molar-refractivity contribution in [2.45, 2.75) is 71.3 Å². The van der Waals surface area contributed by atoms with Gasteiger partial charge in [0.1, 0.15) is 5.69 Å². The lowest BCUT2D eigenvalue weighted by Gasteiger charge is -2.19. The Labute approximate surface area is 272 Å². The van der Waals surface area contributed by atoms with Crippen LogP contribution in [0.4, 0.5) is 26.3 Å². The number of rotatable bonds is 10. The minimum absolute atomic E-state index is 0.0527. The monoisotopic (exact) mass is 708 g/mol. The van der Waals surface area contributed by atoms with Gasteiger partial charge in [0.25, 0.3) is 0 Å². The molecule has 2 aromatic heterocycles. The third-order valence-corrected chi connectivity index (χ3v) is 8.43. The van der Waals surface area contributed by atoms with Crippen LogP contribution in [-0.2, 0) is 25.5 Å². The van der Waals surface area contributed by atoms with Crippen molar-refractivity contribution in [2.24, 2.45) is 4.36 Å². The average Bonchev–Trinajstić information content (AvgIpc) is 3.54. The van der Waals surface area contributed by atoms with Gasteiger partial charge in [0.05, 0.1) is 38.5 Å². The number of halogens is 7. The maximum Gasteiger partial charge on any atom is 0.474 e. The molecule has 2 aromatic rings. The summed E-state index contributed by atoms with van der Waals surface area (Å²) in [5, 5.41) is 15.2. The standard InChI is InChI=1S/C27H25ClF6N6O4S.C2H6/c1-4-16(13-35)10-15(2)17(11-21(41)37-25(7-8-25)14-45(3,44)39-24(43)27(32,33)34)22(42)19-12-20(26(29,30)31)38-40(19)23-18(28)6-5-9-36-23;1-2/h5-6,9-10,12H,4,7-8,11,14H2,1-3H3,(H,37,41);1-2H3/b16-10+,17-15+;. The van der Waals surface area contributed by atoms with Gasteiger partial charge in [0, 0.05) is 29.7 Å². The summed E-state index contributed by atoms with van der Waals surface area (Å²) in [6.45, 7) is 7.00. The van der Waals surface area contributed by atoms with Crippen LogP contribution in [0.2, 0.25) is 5.02 Å². The number of pyridine rings is 1. The van der Waals surface area contributed by atoms with Crippen molar-refractivity contribution in [3.8, 4) is 11.9 Å². The molecule has 0 radical (unpaired) electrons. The van der Waals surface area contributed by atoms with Crippen LogP contribution in [0.15, 0.2) is 51.6 Å². The van der Waals surface area contributed by atoms with E-state index in [2.05, 4.69) is 19.8 Å². The van der Waals surface area contributed by atoms with Crippen molar-refractivity contribution in [1.29, 1.82) is 5.26 Å². The summed E-state index contributed by atoms with van der Waals surface area (Å²) in [5.74, 6) is -5.44. The van der Waals surface area contributed by atoms with Gasteiger partial charge < -0.3 is 5.32 Å². The highest BCUT2D eigenvalue weighted by atomic mass is 35.5. The lowest BCUT2D eigenvalue weighted by atomic mass is 9.96. The number of nitrogens with zero attached hydrogens (tertiary/aromatic N) is 5. The minimum Gasteiger partial charge on any atom is -0.349 e. The average molecular weight is 709 g/mol. The van der Waals surface area contributed by atoms with Gasteiger partial charge in [-0.25, -0.2) is 13.9 Å². The van der Waals surface area contributed by atoms with Gasteiger partial charge in [-0.1, -0.05) is 32.4 Å². The number of alkyl halides is 6. The van der Waals surface area contributed by atoms with Crippen LogP contribution < -0.4 is 5.32 Å². The minimum atomic E-state index is -5.34. The summed E-state index contributed by atoms with van der Waals surface area (Å²) in [6.07, 6.45) is -7.22. The number of allylic oxidation sites excluding steroid dienone is 3. The molecule has 256 valence electrons. The Morgan fingerprint density at radius 3 is 2.32 bits per heavy atom. The number of Topliss-reactive ketones (excluding diaryl/α,β-unsaturated/α-hetero) is 1. The fourth-order valence-corrected chi connectivity index (χ4v) is 6.33. The highest BCUT2D eigenvalue weighted by Crippen LogP contribution is 2.38. The molecule has 1 unspecified atom stereocenters. The third kappa shape index (κ3) is 10.5. The van der Waals surface area contributed by atoms with Crippen molar-refractivity contribution in [3.05, 3.63) is 63.6 Å². The van der Waals surface area contributed by atoms with E-state index >= 15 is 0 Å². The molecule has 47 heavy (non-hydrogen) atoms. The summed E-state index contributed by atoms with van der Waals surface area (Å²) in [6, 6.07) is 5.07. The molecule has 1 N–H and O–H groups in total. The van der Waals surface area contributed by atoms with Gasteiger partial charge in [-0.3, -0.25) is 14.4 Å². The molecule has 2 amide bonds. The summed E-state index contributed by atoms with van der Waals surface area (Å²) in [5.41, 5.74) is -3.53. The first-order valence-corrected chi connectivity index (χ1v) is 16.4. The molecule has 0 spiro atoms. The summed E-state index contributed by atoms with van der Waals surface area (Å²) in [7, 11) is -3.75. The largest absolute Gasteiger partial charge is 0.474 e. The molecule has 1 aliphatic carbocycles. The van der Waals surface area contributed by atoms with E-state index < -0.39 is 68.8 Å². The van der Waals surface area contributed by atoms with E-state index in [-0.39, 0.29) is 46.8 Å². The number of ketones is 1. The number of hydrogen-bond acceptors (Lipinski definition) is 7. The Balaban J connectivity index is 0.00000376. The van der Waals surface area contributed by atoms with Crippen molar-refractivity contribution in [3.63, 3.8) is 0 Å². The second-order valence-corrected chi connectivity index (χ2v) is 13.1. The number of carbonyl (C=O) groups excluding carboxylic acids is 3. The fraction of sp³-hybridized carbons (Fsp3) is 0.448. The lowest BCUT2D eigenvalue weighted by Crippen LogP contribution is -2.42. The number of amides is 2. The molecule has 0 aliphatic heterocycles. The van der Waals surface area contributed by atoms with Crippen molar-refractivity contribution >= 4 is 38.9 Å². The summed E-state index contributed by atoms with van der Waals surface area (Å²) >= 11 is 6.13. The SMILES string of the molecule is CC.CC/C(C#N)=C\C(C)=C(/CC(=O)NC1(CS(C)(=O)=NC(=O)C(F)(F)F)CC1)C(=O)c1cc(C(F)(F)F)nn1-c1ncccc1Cl. The molecular formula is C29H31ClF6N6O4S. The van der Waals surface area contributed by atoms with Crippen molar-refractivity contribution in [1.82, 2.24) is 20.1 Å². The molecule has 1 saturated carbocycles. The highest BCUT2D eigenvalue weighted by Gasteiger charge is 2.47. The first kappa shape index (κ1) is 39.1. The Bertz CT molecular complexity index is 1760. The Morgan fingerprint density at radius 2 is 1.83 bits per heavy atom. The van der Waals surface area contributed by atoms with E-state index in [1.165, 1.54) is 31.3 Å². The predicted molar refractivity (Wildman–Crippen MR) is 161 cm³/mol. The number of hydrogen-bond donors (Lipinski definition) is 1. The molecule has 10 nitrogen and oxygen atoms in total. The Morgan fingerprint density at radius 1 is 1.21 bits per heavy atom. The second kappa shape index (κ2) is 15.2. The zero-order valence-electron chi connectivity index (χ0n) is 25.8. The molecule has 1 fully saturated rings. The maximum atomic E-state index is 13.9. The van der Waals surface area contributed by atoms with Crippen LogP contribution >= 0.6 is 11.6 Å². The molecule has 0 saturated heterocycles. The van der Waals surface area contributed by atoms with Gasteiger partial charge >= 0.3 is 18.3 Å². The number of nitrogens with one attached hydrogen (secondary N) is 1. The predicted octanol–water partition coefficient (Wildman–Crippen LogP) is 6.55. The molecule has 1 atom stereocenters. The number of nitriles is 1. The second-order valence-electron chi connectivity index (χ2n) is 10.3. The van der Waals surface area contributed by atoms with Crippen LogP contribution in [-0.4, -0.2) is 60.3 Å². The quantitative estimate of drug-likeness (QED) is 0.0968. The molecule has 3 rings (SSSR count). The third-order valence-electron chi connectivity index (χ3n) is 6.50. The van der Waals surface area contributed by atoms with E-state index in [1.54, 1.807) is 6.92 Å². The van der Waals surface area contributed by atoms with E-state index in [1.807, 2.05) is 19.9 Å². The Hall–Kier alpha value is -4.04. The van der Waals surface area contributed by atoms with Crippen LogP contribution in [0.3, 0.4) is 0 Å². The summed E-state index contributed by atoms with van der Waals surface area (Å²) < 4.78 is 95.1. The Kier molecular flexibility index (Phi) is 12.7. The van der Waals surface area contributed by atoms with Crippen LogP contribution in [0.25, 0.3) is 5.82 Å². The molecule has 2 heterocycles. The van der Waals surface area contributed by atoms with Gasteiger partial charge in [0.2, 0.25) is 11.7 Å². The topological polar surface area (TPSA) is 147 Å². The first-order valence-electron chi connectivity index (χ1n) is 14.0. The summed E-state index contributed by atoms with van der Waals surface area (Å²) in [4.78, 5) is 42.3. The molecule has 0 bridgehead atoms. The van der Waals surface area contributed by atoms with E-state index in [4.69, 9.17) is 11.6 Å². The molecule has 18 heteroatoms. The van der Waals surface area contributed by atoms with Gasteiger partial charge in [-0.05, 0) is 50.0 Å². The zero-order chi connectivity index (χ0) is 36.0. The van der Waals surface area contributed by atoms with Gasteiger partial charge in [0.15, 0.2) is 11.5 Å². The van der Waals surface area contributed by atoms with Crippen molar-refractivity contribution in [2.75, 3.05) is 12.0 Å². The number of carbonyl (C=O) groups is 3. The number of aromatic nitrogens is 3. The highest BCUT2D eigenvalue weighted by molar-refractivity contribution is 7.93. The van der Waals surface area contributed by atoms with Crippen LogP contribution in [0.1, 0.15) is 69.6 Å². The van der Waals surface area contributed by atoms with Gasteiger partial charge in [-0.15, -0.1) is 0 Å². The van der Waals surface area contributed by atoms with E-state index in [9.17, 15) is 50.2 Å². The molecule has 1 aliphatic rings. The van der Waals surface area contributed by atoms with Crippen LogP contribution in [0.5, 0.6) is 0 Å². The normalized spacial score (nSPS) is 16.0. The van der Waals surface area contributed by atoms with E-state index in [0.29, 0.717) is 10.7 Å². The van der Waals surface area contributed by atoms with E-state index in [0.717, 1.165) is 6.26 Å². The van der Waals surface area contributed by atoms with Crippen molar-refractivity contribution < 1.29 is 44.9 Å². The smallest absolute Gasteiger partial charge is 0.349 e. The zero-order valence-corrected chi connectivity index (χ0v) is 27.4. The first-order chi connectivity index (χ1) is 21.7. The molecular weight excluding hydrogens is 678 g/mol. The fourth-order valence-electron chi connectivity index (χ4n) is 4.22. The lowest BCUT2D eigenvalue weighted by molar-refractivity contribution is -0.169. The molecule has 0 aromatic carbocycles. The maximum absolute atomic E-state index is 13.9. The van der Waals surface area contributed by atoms with Gasteiger partial charge in [-0.2, -0.15) is 41.1 Å².